The Balaban J connectivity index is 1.91. The molecule has 1 atom stereocenters. The van der Waals surface area contributed by atoms with Crippen LogP contribution in [0.25, 0.3) is 0 Å². The number of hydrogen-bond donors (Lipinski definition) is 1. The third-order valence-electron chi connectivity index (χ3n) is 4.34. The third kappa shape index (κ3) is 3.74. The second kappa shape index (κ2) is 6.31. The maximum Gasteiger partial charge on any atom is 0.308 e. The van der Waals surface area contributed by atoms with Crippen molar-refractivity contribution in [2.75, 3.05) is 13.2 Å². The molecule has 2 rings (SSSR count). The van der Waals surface area contributed by atoms with Gasteiger partial charge in [-0.3, -0.25) is 9.59 Å². The van der Waals surface area contributed by atoms with Crippen LogP contribution in [0.1, 0.15) is 39.0 Å². The molecule has 2 fully saturated rings. The van der Waals surface area contributed by atoms with Crippen molar-refractivity contribution in [3.8, 4) is 0 Å². The Kier molecular flexibility index (Phi) is 4.88. The van der Waals surface area contributed by atoms with E-state index in [1.165, 1.54) is 0 Å². The Hall–Kier alpha value is -1.15. The van der Waals surface area contributed by atoms with E-state index in [0.717, 1.165) is 0 Å². The second-order valence-corrected chi connectivity index (χ2v) is 7.56. The van der Waals surface area contributed by atoms with E-state index < -0.39 is 15.3 Å². The lowest BCUT2D eigenvalue weighted by atomic mass is 9.85. The summed E-state index contributed by atoms with van der Waals surface area (Å²) >= 11 is 0. The maximum atomic E-state index is 12.0. The minimum Gasteiger partial charge on any atom is -0.466 e. The number of carbonyl (C=O) groups excluding carboxylic acids is 2. The van der Waals surface area contributed by atoms with Crippen molar-refractivity contribution in [1.82, 2.24) is 4.90 Å². The van der Waals surface area contributed by atoms with Crippen molar-refractivity contribution in [1.29, 1.82) is 0 Å². The van der Waals surface area contributed by atoms with Gasteiger partial charge in [-0.1, -0.05) is 0 Å². The summed E-state index contributed by atoms with van der Waals surface area (Å²) in [6.45, 7) is 2.33. The predicted octanol–water partition coefficient (Wildman–Crippen LogP) is -0.00230. The average molecular weight is 318 g/mol. The number of ether oxygens (including phenoxy) is 1. The molecule has 1 heterocycles. The molecule has 1 amide bonds. The third-order valence-corrected chi connectivity index (χ3v) is 5.59. The molecule has 21 heavy (non-hydrogen) atoms. The van der Waals surface area contributed by atoms with E-state index >= 15 is 0 Å². The Morgan fingerprint density at radius 2 is 1.95 bits per heavy atom. The zero-order valence-corrected chi connectivity index (χ0v) is 13.0. The largest absolute Gasteiger partial charge is 0.466 e. The van der Waals surface area contributed by atoms with Gasteiger partial charge in [0.2, 0.25) is 15.9 Å². The Bertz CT molecular complexity index is 511. The molecule has 2 aliphatic rings. The summed E-state index contributed by atoms with van der Waals surface area (Å²) in [5.41, 5.74) is 0. The molecule has 7 nitrogen and oxygen atoms in total. The molecule has 0 aromatic heterocycles. The van der Waals surface area contributed by atoms with E-state index in [-0.39, 0.29) is 36.8 Å². The zero-order valence-electron chi connectivity index (χ0n) is 12.2. The number of rotatable bonds is 4. The van der Waals surface area contributed by atoms with Gasteiger partial charge in [-0.25, -0.2) is 13.6 Å². The van der Waals surface area contributed by atoms with Gasteiger partial charge in [0.1, 0.15) is 5.25 Å². The van der Waals surface area contributed by atoms with Crippen LogP contribution in [0.15, 0.2) is 0 Å². The number of likely N-dealkylation sites (tertiary alicyclic amines) is 1. The quantitative estimate of drug-likeness (QED) is 0.734. The van der Waals surface area contributed by atoms with Crippen molar-refractivity contribution in [2.24, 2.45) is 11.1 Å². The van der Waals surface area contributed by atoms with Gasteiger partial charge in [0.25, 0.3) is 0 Å². The fourth-order valence-corrected chi connectivity index (χ4v) is 3.90. The van der Waals surface area contributed by atoms with Crippen LogP contribution in [0, 0.1) is 5.92 Å². The fourth-order valence-electron chi connectivity index (χ4n) is 3.15. The summed E-state index contributed by atoms with van der Waals surface area (Å²) < 4.78 is 27.7. The first-order valence-electron chi connectivity index (χ1n) is 7.30. The fraction of sp³-hybridized carbons (Fsp3) is 0.846. The topological polar surface area (TPSA) is 107 Å². The molecule has 1 aliphatic carbocycles. The van der Waals surface area contributed by atoms with Crippen LogP contribution in [0.4, 0.5) is 0 Å². The van der Waals surface area contributed by atoms with Gasteiger partial charge in [-0.2, -0.15) is 0 Å². The monoisotopic (exact) mass is 318 g/mol. The lowest BCUT2D eigenvalue weighted by molar-refractivity contribution is -0.149. The summed E-state index contributed by atoms with van der Waals surface area (Å²) in [4.78, 5) is 25.3. The van der Waals surface area contributed by atoms with Gasteiger partial charge < -0.3 is 9.64 Å². The highest BCUT2D eigenvalue weighted by Crippen LogP contribution is 2.31. The first kappa shape index (κ1) is 16.2. The van der Waals surface area contributed by atoms with Crippen LogP contribution in [0.5, 0.6) is 0 Å². The molecular formula is C13H22N2O5S. The summed E-state index contributed by atoms with van der Waals surface area (Å²) in [5.74, 6) is -0.437. The molecule has 1 saturated carbocycles. The van der Waals surface area contributed by atoms with Crippen molar-refractivity contribution in [2.45, 2.75) is 50.3 Å². The molecule has 120 valence electrons. The van der Waals surface area contributed by atoms with Crippen molar-refractivity contribution in [3.63, 3.8) is 0 Å². The Morgan fingerprint density at radius 1 is 1.33 bits per heavy atom. The summed E-state index contributed by atoms with van der Waals surface area (Å²) in [6, 6.07) is 0.00919. The number of carbonyl (C=O) groups is 2. The van der Waals surface area contributed by atoms with Crippen LogP contribution in [0.2, 0.25) is 0 Å². The van der Waals surface area contributed by atoms with Crippen LogP contribution >= 0.6 is 0 Å². The predicted molar refractivity (Wildman–Crippen MR) is 75.6 cm³/mol. The smallest absolute Gasteiger partial charge is 0.308 e. The van der Waals surface area contributed by atoms with Gasteiger partial charge >= 0.3 is 5.97 Å². The van der Waals surface area contributed by atoms with E-state index in [0.29, 0.717) is 32.3 Å². The van der Waals surface area contributed by atoms with E-state index in [4.69, 9.17) is 9.88 Å². The highest BCUT2D eigenvalue weighted by Gasteiger charge is 2.41. The number of amides is 1. The van der Waals surface area contributed by atoms with Crippen LogP contribution in [0.3, 0.4) is 0 Å². The molecule has 1 unspecified atom stereocenters. The van der Waals surface area contributed by atoms with Gasteiger partial charge in [-0.15, -0.1) is 0 Å². The molecule has 0 radical (unpaired) electrons. The Labute approximate surface area is 124 Å². The zero-order chi connectivity index (χ0) is 15.6. The standard InChI is InChI=1S/C13H22N2O5S/c1-2-20-13(17)9-3-5-10(6-4-9)15-8-11(7-12(15)16)21(14,18)19/h9-11H,2-8H2,1H3,(H2,14,18,19). The van der Waals surface area contributed by atoms with Crippen LogP contribution < -0.4 is 5.14 Å². The summed E-state index contributed by atoms with van der Waals surface area (Å²) in [5, 5.41) is 4.32. The number of primary sulfonamides is 1. The second-order valence-electron chi connectivity index (χ2n) is 5.72. The summed E-state index contributed by atoms with van der Waals surface area (Å²) in [6.07, 6.45) is 2.72. The molecule has 8 heteroatoms. The van der Waals surface area contributed by atoms with E-state index in [1.54, 1.807) is 11.8 Å². The van der Waals surface area contributed by atoms with Gasteiger partial charge in [0.15, 0.2) is 0 Å². The normalized spacial score (nSPS) is 30.5. The van der Waals surface area contributed by atoms with E-state index in [2.05, 4.69) is 0 Å². The molecular weight excluding hydrogens is 296 g/mol. The number of nitrogens with zero attached hydrogens (tertiary/aromatic N) is 1. The lowest BCUT2D eigenvalue weighted by Gasteiger charge is -2.33. The number of nitrogens with two attached hydrogens (primary N) is 1. The number of esters is 1. The minimum atomic E-state index is -3.68. The Morgan fingerprint density at radius 3 is 2.43 bits per heavy atom. The van der Waals surface area contributed by atoms with E-state index in [9.17, 15) is 18.0 Å². The van der Waals surface area contributed by atoms with Crippen molar-refractivity contribution < 1.29 is 22.7 Å². The highest BCUT2D eigenvalue weighted by molar-refractivity contribution is 7.89. The van der Waals surface area contributed by atoms with Gasteiger partial charge in [0, 0.05) is 19.0 Å². The van der Waals surface area contributed by atoms with Crippen LogP contribution in [-0.2, 0) is 24.3 Å². The molecule has 0 spiro atoms. The van der Waals surface area contributed by atoms with Crippen molar-refractivity contribution in [3.05, 3.63) is 0 Å². The molecule has 0 aromatic rings. The summed E-state index contributed by atoms with van der Waals surface area (Å²) in [7, 11) is -3.68. The first-order chi connectivity index (χ1) is 9.82. The number of sulfonamides is 1. The number of hydrogen-bond acceptors (Lipinski definition) is 5. The molecule has 1 aliphatic heterocycles. The SMILES string of the molecule is CCOC(=O)C1CCC(N2CC(S(N)(=O)=O)CC2=O)CC1. The lowest BCUT2D eigenvalue weighted by Crippen LogP contribution is -2.41. The molecule has 1 saturated heterocycles. The van der Waals surface area contributed by atoms with Gasteiger partial charge in [0.05, 0.1) is 12.5 Å². The maximum absolute atomic E-state index is 12.0. The minimum absolute atomic E-state index is 0.00919. The molecule has 0 bridgehead atoms. The van der Waals surface area contributed by atoms with Crippen molar-refractivity contribution >= 4 is 21.9 Å². The van der Waals surface area contributed by atoms with Crippen LogP contribution in [-0.4, -0.2) is 49.6 Å². The van der Waals surface area contributed by atoms with E-state index in [1.807, 2.05) is 0 Å². The van der Waals surface area contributed by atoms with Gasteiger partial charge in [-0.05, 0) is 32.6 Å². The first-order valence-corrected chi connectivity index (χ1v) is 8.91. The molecule has 0 aromatic carbocycles. The highest BCUT2D eigenvalue weighted by atomic mass is 32.2. The molecule has 2 N–H and O–H groups in total. The average Bonchev–Trinajstić information content (AvgIpc) is 2.81.